The molecule has 128 valence electrons. The molecular weight excluding hydrogens is 316 g/mol. The van der Waals surface area contributed by atoms with Crippen LogP contribution in [-0.2, 0) is 21.3 Å². The highest BCUT2D eigenvalue weighted by Gasteiger charge is 2.27. The lowest BCUT2D eigenvalue weighted by Gasteiger charge is -2.31. The van der Waals surface area contributed by atoms with E-state index in [0.29, 0.717) is 25.6 Å². The molecule has 0 saturated carbocycles. The van der Waals surface area contributed by atoms with Crippen LogP contribution in [0.4, 0.5) is 0 Å². The van der Waals surface area contributed by atoms with Gasteiger partial charge in [0, 0.05) is 13.7 Å². The molecule has 2 atom stereocenters. The summed E-state index contributed by atoms with van der Waals surface area (Å²) in [5, 5.41) is 11.5. The van der Waals surface area contributed by atoms with Crippen LogP contribution in [0.5, 0.6) is 0 Å². The Morgan fingerprint density at radius 2 is 2.43 bits per heavy atom. The second-order valence-corrected chi connectivity index (χ2v) is 6.65. The Kier molecular flexibility index (Phi) is 7.07. The standard InChI is InChI=1S/C15H24N4O3S/c1-11(2)4-7-22-13-5-6-21-8-12(13)17-14(20)9-23-15-18-16-10-19(15)3/h4,10,12-13H,5-9H2,1-3H3,(H,17,20)/t12-,13+/m0/s1. The Labute approximate surface area is 140 Å². The van der Waals surface area contributed by atoms with Crippen molar-refractivity contribution in [3.8, 4) is 0 Å². The fraction of sp³-hybridized carbons (Fsp3) is 0.667. The van der Waals surface area contributed by atoms with Gasteiger partial charge >= 0.3 is 0 Å². The Morgan fingerprint density at radius 3 is 3.13 bits per heavy atom. The van der Waals surface area contributed by atoms with Gasteiger partial charge in [-0.15, -0.1) is 10.2 Å². The highest BCUT2D eigenvalue weighted by molar-refractivity contribution is 7.99. The highest BCUT2D eigenvalue weighted by Crippen LogP contribution is 2.15. The number of thioether (sulfide) groups is 1. The molecule has 1 aliphatic rings. The van der Waals surface area contributed by atoms with E-state index in [0.717, 1.165) is 11.6 Å². The summed E-state index contributed by atoms with van der Waals surface area (Å²) in [7, 11) is 1.85. The first kappa shape index (κ1) is 18.0. The van der Waals surface area contributed by atoms with E-state index in [1.165, 1.54) is 17.3 Å². The third-order valence-corrected chi connectivity index (χ3v) is 4.48. The molecule has 1 aromatic rings. The SMILES string of the molecule is CC(C)=CCO[C@@H]1CCOC[C@@H]1NC(=O)CSc1nncn1C. The number of hydrogen-bond acceptors (Lipinski definition) is 6. The Hall–Kier alpha value is -1.38. The molecule has 2 heterocycles. The maximum atomic E-state index is 12.1. The Morgan fingerprint density at radius 1 is 1.61 bits per heavy atom. The maximum Gasteiger partial charge on any atom is 0.230 e. The molecule has 2 rings (SSSR count). The van der Waals surface area contributed by atoms with E-state index in [2.05, 4.69) is 15.5 Å². The van der Waals surface area contributed by atoms with Crippen LogP contribution in [0.3, 0.4) is 0 Å². The molecule has 0 bridgehead atoms. The summed E-state index contributed by atoms with van der Waals surface area (Å²) in [6, 6.07) is -0.109. The van der Waals surface area contributed by atoms with Crippen LogP contribution >= 0.6 is 11.8 Å². The quantitative estimate of drug-likeness (QED) is 0.593. The number of rotatable bonds is 7. The van der Waals surface area contributed by atoms with Crippen LogP contribution in [-0.4, -0.2) is 58.4 Å². The first-order valence-corrected chi connectivity index (χ1v) is 8.63. The first-order chi connectivity index (χ1) is 11.1. The predicted molar refractivity (Wildman–Crippen MR) is 88.3 cm³/mol. The summed E-state index contributed by atoms with van der Waals surface area (Å²) < 4.78 is 13.1. The number of allylic oxidation sites excluding steroid dienone is 1. The van der Waals surface area contributed by atoms with Gasteiger partial charge in [0.1, 0.15) is 6.33 Å². The summed E-state index contributed by atoms with van der Waals surface area (Å²) in [5.74, 6) is 0.244. The van der Waals surface area contributed by atoms with Crippen LogP contribution in [0.2, 0.25) is 0 Å². The summed E-state index contributed by atoms with van der Waals surface area (Å²) in [5.41, 5.74) is 1.22. The molecule has 0 aliphatic carbocycles. The van der Waals surface area contributed by atoms with Crippen molar-refractivity contribution in [3.63, 3.8) is 0 Å². The maximum absolute atomic E-state index is 12.1. The minimum atomic E-state index is -0.109. The van der Waals surface area contributed by atoms with Crippen molar-refractivity contribution in [2.24, 2.45) is 7.05 Å². The monoisotopic (exact) mass is 340 g/mol. The largest absolute Gasteiger partial charge is 0.379 e. The van der Waals surface area contributed by atoms with E-state index in [1.54, 1.807) is 10.9 Å². The summed E-state index contributed by atoms with van der Waals surface area (Å²) in [6.07, 6.45) is 4.43. The van der Waals surface area contributed by atoms with Gasteiger partial charge in [-0.3, -0.25) is 4.79 Å². The van der Waals surface area contributed by atoms with Gasteiger partial charge in [0.25, 0.3) is 0 Å². The third kappa shape index (κ3) is 5.96. The molecule has 23 heavy (non-hydrogen) atoms. The van der Waals surface area contributed by atoms with Gasteiger partial charge in [0.2, 0.25) is 5.91 Å². The molecule has 7 nitrogen and oxygen atoms in total. The lowest BCUT2D eigenvalue weighted by Crippen LogP contribution is -2.51. The fourth-order valence-electron chi connectivity index (χ4n) is 2.17. The molecule has 0 unspecified atom stereocenters. The zero-order valence-corrected chi connectivity index (χ0v) is 14.6. The van der Waals surface area contributed by atoms with Crippen LogP contribution in [0, 0.1) is 0 Å². The van der Waals surface area contributed by atoms with Crippen molar-refractivity contribution in [1.29, 1.82) is 0 Å². The van der Waals surface area contributed by atoms with Crippen LogP contribution < -0.4 is 5.32 Å². The smallest absolute Gasteiger partial charge is 0.230 e. The van der Waals surface area contributed by atoms with Gasteiger partial charge in [-0.2, -0.15) is 0 Å². The number of carbonyl (C=O) groups excluding carboxylic acids is 1. The number of amides is 1. The molecule has 1 aromatic heterocycles. The van der Waals surface area contributed by atoms with E-state index in [-0.39, 0.29) is 18.1 Å². The van der Waals surface area contributed by atoms with Crippen molar-refractivity contribution in [2.45, 2.75) is 37.6 Å². The van der Waals surface area contributed by atoms with Crippen molar-refractivity contribution in [3.05, 3.63) is 18.0 Å². The van der Waals surface area contributed by atoms with Gasteiger partial charge in [-0.1, -0.05) is 23.4 Å². The van der Waals surface area contributed by atoms with E-state index in [1.807, 2.05) is 27.0 Å². The number of ether oxygens (including phenoxy) is 2. The third-order valence-electron chi connectivity index (χ3n) is 3.44. The van der Waals surface area contributed by atoms with Gasteiger partial charge in [-0.05, 0) is 20.3 Å². The average molecular weight is 340 g/mol. The van der Waals surface area contributed by atoms with Crippen molar-refractivity contribution < 1.29 is 14.3 Å². The van der Waals surface area contributed by atoms with Crippen molar-refractivity contribution in [2.75, 3.05) is 25.6 Å². The first-order valence-electron chi connectivity index (χ1n) is 7.65. The average Bonchev–Trinajstić information content (AvgIpc) is 2.92. The van der Waals surface area contributed by atoms with Gasteiger partial charge < -0.3 is 19.4 Å². The van der Waals surface area contributed by atoms with Gasteiger partial charge in [0.15, 0.2) is 5.16 Å². The zero-order valence-electron chi connectivity index (χ0n) is 13.8. The van der Waals surface area contributed by atoms with E-state index >= 15 is 0 Å². The molecule has 1 N–H and O–H groups in total. The predicted octanol–water partition coefficient (Wildman–Crippen LogP) is 1.16. The minimum Gasteiger partial charge on any atom is -0.379 e. The van der Waals surface area contributed by atoms with E-state index in [4.69, 9.17) is 9.47 Å². The number of aromatic nitrogens is 3. The second kappa shape index (κ2) is 9.05. The van der Waals surface area contributed by atoms with Gasteiger partial charge in [-0.25, -0.2) is 0 Å². The summed E-state index contributed by atoms with van der Waals surface area (Å²) in [6.45, 7) is 5.79. The Balaban J connectivity index is 1.79. The second-order valence-electron chi connectivity index (χ2n) is 5.70. The lowest BCUT2D eigenvalue weighted by molar-refractivity contribution is -0.123. The topological polar surface area (TPSA) is 78.3 Å². The van der Waals surface area contributed by atoms with Crippen molar-refractivity contribution >= 4 is 17.7 Å². The molecular formula is C15H24N4O3S. The normalized spacial score (nSPS) is 21.0. The summed E-state index contributed by atoms with van der Waals surface area (Å²) >= 11 is 1.36. The molecule has 0 aromatic carbocycles. The number of aryl methyl sites for hydroxylation is 1. The molecule has 0 spiro atoms. The molecule has 8 heteroatoms. The minimum absolute atomic E-state index is 0.0110. The van der Waals surface area contributed by atoms with Crippen LogP contribution in [0.25, 0.3) is 0 Å². The number of carbonyl (C=O) groups is 1. The number of nitrogens with zero attached hydrogens (tertiary/aromatic N) is 3. The number of nitrogens with one attached hydrogen (secondary N) is 1. The van der Waals surface area contributed by atoms with Crippen LogP contribution in [0.15, 0.2) is 23.1 Å². The van der Waals surface area contributed by atoms with E-state index < -0.39 is 0 Å². The van der Waals surface area contributed by atoms with Crippen molar-refractivity contribution in [1.82, 2.24) is 20.1 Å². The molecule has 1 amide bonds. The molecule has 1 fully saturated rings. The van der Waals surface area contributed by atoms with Crippen LogP contribution in [0.1, 0.15) is 20.3 Å². The summed E-state index contributed by atoms with van der Waals surface area (Å²) in [4.78, 5) is 12.1. The zero-order chi connectivity index (χ0) is 16.7. The number of hydrogen-bond donors (Lipinski definition) is 1. The molecule has 1 saturated heterocycles. The Bertz CT molecular complexity index is 543. The highest BCUT2D eigenvalue weighted by atomic mass is 32.2. The molecule has 0 radical (unpaired) electrons. The molecule has 1 aliphatic heterocycles. The fourth-order valence-corrected chi connectivity index (χ4v) is 2.87. The van der Waals surface area contributed by atoms with E-state index in [9.17, 15) is 4.79 Å². The lowest BCUT2D eigenvalue weighted by atomic mass is 10.1. The van der Waals surface area contributed by atoms with Gasteiger partial charge in [0.05, 0.1) is 31.1 Å².